The molecule has 1 atom stereocenters. The zero-order chi connectivity index (χ0) is 23.5. The zero-order valence-corrected chi connectivity index (χ0v) is 18.4. The molecule has 9 nitrogen and oxygen atoms in total. The van der Waals surface area contributed by atoms with Crippen molar-refractivity contribution in [1.82, 2.24) is 29.1 Å². The fourth-order valence-corrected chi connectivity index (χ4v) is 5.05. The van der Waals surface area contributed by atoms with Gasteiger partial charge in [0.2, 0.25) is 6.19 Å². The lowest BCUT2D eigenvalue weighted by atomic mass is 10.2. The quantitative estimate of drug-likeness (QED) is 0.415. The highest BCUT2D eigenvalue weighted by Crippen LogP contribution is 2.40. The average Bonchev–Trinajstić information content (AvgIpc) is 3.49. The number of halogens is 3. The van der Waals surface area contributed by atoms with Crippen molar-refractivity contribution in [2.75, 3.05) is 5.75 Å². The highest BCUT2D eigenvalue weighted by Gasteiger charge is 2.33. The molecule has 4 aromatic rings. The van der Waals surface area contributed by atoms with E-state index >= 15 is 0 Å². The number of nitriles is 1. The van der Waals surface area contributed by atoms with Gasteiger partial charge < -0.3 is 4.57 Å². The topological polar surface area (TPSA) is 114 Å². The number of hydrogen-bond donors (Lipinski definition) is 0. The van der Waals surface area contributed by atoms with Crippen molar-refractivity contribution in [2.24, 2.45) is 11.4 Å². The highest BCUT2D eigenvalue weighted by atomic mass is 32.2. The van der Waals surface area contributed by atoms with Crippen LogP contribution < -0.4 is 0 Å². The molecule has 1 fully saturated rings. The van der Waals surface area contributed by atoms with Gasteiger partial charge in [-0.1, -0.05) is 6.92 Å². The van der Waals surface area contributed by atoms with Gasteiger partial charge in [0.05, 0.1) is 11.1 Å². The summed E-state index contributed by atoms with van der Waals surface area (Å²) in [5.74, 6) is 0.515. The monoisotopic (exact) mass is 474 g/mol. The summed E-state index contributed by atoms with van der Waals surface area (Å²) in [7, 11) is -1.67. The Balaban J connectivity index is 1.85. The molecule has 1 aliphatic rings. The minimum atomic E-state index is -4.57. The molecule has 5 rings (SSSR count). The van der Waals surface area contributed by atoms with Crippen LogP contribution in [0.2, 0.25) is 0 Å². The third kappa shape index (κ3) is 3.41. The van der Waals surface area contributed by atoms with Crippen molar-refractivity contribution in [3.05, 3.63) is 35.8 Å². The molecular weight excluding hydrogens is 457 g/mol. The predicted octanol–water partition coefficient (Wildman–Crippen LogP) is 3.90. The van der Waals surface area contributed by atoms with E-state index in [0.29, 0.717) is 11.6 Å². The number of pyridine rings is 1. The lowest BCUT2D eigenvalue weighted by Crippen LogP contribution is -2.07. The number of fused-ring (bicyclic) bond motifs is 2. The SMILES string of the molecule is CCS(=O)(=NC#N)c1nn2ccc(C3CC3)nc2c1-c1nc2cc(C(F)(F)F)cnc2n1C. The van der Waals surface area contributed by atoms with Crippen LogP contribution in [0, 0.1) is 11.5 Å². The number of nitrogens with zero attached hydrogens (tertiary/aromatic N) is 8. The molecule has 0 bridgehead atoms. The van der Waals surface area contributed by atoms with E-state index in [0.717, 1.165) is 30.8 Å². The molecule has 0 amide bonds. The van der Waals surface area contributed by atoms with E-state index in [2.05, 4.69) is 19.4 Å². The number of imidazole rings is 1. The third-order valence-corrected chi connectivity index (χ3v) is 7.66. The fraction of sp³-hybridized carbons (Fsp3) is 0.350. The normalized spacial score (nSPS) is 16.1. The molecule has 0 aliphatic heterocycles. The first-order chi connectivity index (χ1) is 15.7. The molecule has 4 aromatic heterocycles. The highest BCUT2D eigenvalue weighted by molar-refractivity contribution is 7.93. The molecule has 0 aromatic carbocycles. The van der Waals surface area contributed by atoms with Crippen molar-refractivity contribution in [3.8, 4) is 17.6 Å². The molecule has 0 saturated heterocycles. The Bertz CT molecular complexity index is 1580. The van der Waals surface area contributed by atoms with Crippen LogP contribution in [0.3, 0.4) is 0 Å². The minimum Gasteiger partial charge on any atom is -0.312 e. The van der Waals surface area contributed by atoms with Gasteiger partial charge in [0.25, 0.3) is 0 Å². The smallest absolute Gasteiger partial charge is 0.312 e. The van der Waals surface area contributed by atoms with Crippen molar-refractivity contribution >= 4 is 26.5 Å². The van der Waals surface area contributed by atoms with Crippen molar-refractivity contribution in [3.63, 3.8) is 0 Å². The van der Waals surface area contributed by atoms with Crippen molar-refractivity contribution < 1.29 is 17.4 Å². The van der Waals surface area contributed by atoms with Gasteiger partial charge in [-0.05, 0) is 25.0 Å². The van der Waals surface area contributed by atoms with Crippen LogP contribution in [0.1, 0.15) is 36.9 Å². The second kappa shape index (κ2) is 7.24. The first kappa shape index (κ1) is 21.3. The van der Waals surface area contributed by atoms with Gasteiger partial charge in [-0.25, -0.2) is 23.7 Å². The van der Waals surface area contributed by atoms with Crippen LogP contribution in [0.4, 0.5) is 13.2 Å². The molecule has 0 N–H and O–H groups in total. The summed E-state index contributed by atoms with van der Waals surface area (Å²) in [6.45, 7) is 1.62. The first-order valence-corrected chi connectivity index (χ1v) is 11.8. The maximum atomic E-state index is 13.6. The van der Waals surface area contributed by atoms with Crippen LogP contribution in [-0.2, 0) is 23.0 Å². The van der Waals surface area contributed by atoms with Gasteiger partial charge in [0, 0.05) is 36.8 Å². The fourth-order valence-electron chi connectivity index (χ4n) is 3.71. The average molecular weight is 474 g/mol. The predicted molar refractivity (Wildman–Crippen MR) is 112 cm³/mol. The van der Waals surface area contributed by atoms with Gasteiger partial charge in [0.1, 0.15) is 21.1 Å². The number of rotatable bonds is 4. The Kier molecular flexibility index (Phi) is 4.68. The molecule has 1 aliphatic carbocycles. The van der Waals surface area contributed by atoms with Gasteiger partial charge in [-0.3, -0.25) is 0 Å². The first-order valence-electron chi connectivity index (χ1n) is 10.1. The lowest BCUT2D eigenvalue weighted by molar-refractivity contribution is -0.137. The summed E-state index contributed by atoms with van der Waals surface area (Å²) in [6, 6.07) is 2.74. The minimum absolute atomic E-state index is 0.00728. The maximum absolute atomic E-state index is 13.6. The second-order valence-corrected chi connectivity index (χ2v) is 10.2. The van der Waals surface area contributed by atoms with E-state index in [1.54, 1.807) is 26.4 Å². The van der Waals surface area contributed by atoms with E-state index in [-0.39, 0.29) is 33.3 Å². The summed E-state index contributed by atoms with van der Waals surface area (Å²) in [5, 5.41) is 13.6. The van der Waals surface area contributed by atoms with E-state index in [1.807, 2.05) is 6.07 Å². The Morgan fingerprint density at radius 1 is 1.30 bits per heavy atom. The molecule has 4 heterocycles. The maximum Gasteiger partial charge on any atom is 0.417 e. The van der Waals surface area contributed by atoms with Crippen molar-refractivity contribution in [1.29, 1.82) is 5.26 Å². The molecular formula is C20H17F3N8OS. The van der Waals surface area contributed by atoms with Gasteiger partial charge >= 0.3 is 6.18 Å². The Morgan fingerprint density at radius 2 is 2.06 bits per heavy atom. The zero-order valence-electron chi connectivity index (χ0n) is 17.5. The van der Waals surface area contributed by atoms with Crippen LogP contribution in [0.5, 0.6) is 0 Å². The number of aromatic nitrogens is 6. The lowest BCUT2D eigenvalue weighted by Gasteiger charge is -2.06. The Labute approximate surface area is 186 Å². The Hall–Kier alpha value is -3.53. The van der Waals surface area contributed by atoms with E-state index in [9.17, 15) is 17.4 Å². The summed E-state index contributed by atoms with van der Waals surface area (Å²) < 4.78 is 59.8. The standard InChI is InChI=1S/C20H17F3N8OS/c1-3-33(32,26-10-24)19-15(18-27-13(11-4-5-11)6-7-31(18)29-19)17-28-14-8-12(20(21,22)23)9-25-16(14)30(17)2/h6-9,11H,3-5H2,1-2H3. The van der Waals surface area contributed by atoms with Gasteiger partial charge in [0.15, 0.2) is 16.3 Å². The summed E-state index contributed by atoms with van der Waals surface area (Å²) in [6.07, 6.45) is 1.47. The Morgan fingerprint density at radius 3 is 2.70 bits per heavy atom. The second-order valence-electron chi connectivity index (χ2n) is 7.75. The van der Waals surface area contributed by atoms with Crippen LogP contribution >= 0.6 is 0 Å². The van der Waals surface area contributed by atoms with Gasteiger partial charge in [-0.15, -0.1) is 4.36 Å². The molecule has 13 heteroatoms. The van der Waals surface area contributed by atoms with Crippen LogP contribution in [0.15, 0.2) is 33.9 Å². The van der Waals surface area contributed by atoms with E-state index in [4.69, 9.17) is 10.2 Å². The molecule has 33 heavy (non-hydrogen) atoms. The van der Waals surface area contributed by atoms with Crippen LogP contribution in [0.25, 0.3) is 28.2 Å². The summed E-state index contributed by atoms with van der Waals surface area (Å²) >= 11 is 0. The molecule has 0 spiro atoms. The third-order valence-electron chi connectivity index (χ3n) is 5.61. The molecule has 1 saturated carbocycles. The molecule has 0 radical (unpaired) electrons. The largest absolute Gasteiger partial charge is 0.417 e. The van der Waals surface area contributed by atoms with Crippen molar-refractivity contribution in [2.45, 2.75) is 36.9 Å². The molecule has 170 valence electrons. The summed E-state index contributed by atoms with van der Waals surface area (Å²) in [5.41, 5.74) is 0.751. The van der Waals surface area contributed by atoms with E-state index in [1.165, 1.54) is 9.08 Å². The van der Waals surface area contributed by atoms with E-state index < -0.39 is 21.5 Å². The molecule has 1 unspecified atom stereocenters. The van der Waals surface area contributed by atoms with Gasteiger partial charge in [-0.2, -0.15) is 23.5 Å². The number of hydrogen-bond acceptors (Lipinski definition) is 7. The number of alkyl halides is 3. The summed E-state index contributed by atoms with van der Waals surface area (Å²) in [4.78, 5) is 13.0. The van der Waals surface area contributed by atoms with Crippen LogP contribution in [-0.4, -0.2) is 39.1 Å². The number of aryl methyl sites for hydroxylation is 1.